The van der Waals surface area contributed by atoms with E-state index in [1.165, 1.54) is 53.1 Å². The lowest BCUT2D eigenvalue weighted by atomic mass is 9.95. The Balaban J connectivity index is 0.000000229. The molecule has 0 aliphatic carbocycles. The van der Waals surface area contributed by atoms with Gasteiger partial charge in [0.2, 0.25) is 11.8 Å². The second-order valence-corrected chi connectivity index (χ2v) is 15.8. The quantitative estimate of drug-likeness (QED) is 0.0980. The van der Waals surface area contributed by atoms with Crippen LogP contribution in [0, 0.1) is 0 Å². The van der Waals surface area contributed by atoms with Crippen molar-refractivity contribution >= 4 is 49.1 Å². The number of fused-ring (bicyclic) bond motifs is 1. The third-order valence-corrected chi connectivity index (χ3v) is 10.7. The Labute approximate surface area is 296 Å². The maximum absolute atomic E-state index is 12.3. The fraction of sp³-hybridized carbons (Fsp3) is 0.303. The fourth-order valence-corrected chi connectivity index (χ4v) is 8.06. The number of carbonyl (C=O) groups excluding carboxylic acids is 3. The minimum Gasteiger partial charge on any atom is -0.508 e. The van der Waals surface area contributed by atoms with Crippen molar-refractivity contribution in [1.29, 1.82) is 0 Å². The zero-order chi connectivity index (χ0) is 37.5. The lowest BCUT2D eigenvalue weighted by Crippen LogP contribution is -2.71. The summed E-state index contributed by atoms with van der Waals surface area (Å²) in [5, 5.41) is 34.5. The Hall–Kier alpha value is -4.93. The number of carboxylic acids is 2. The molecular weight excluding hydrogens is 705 g/mol. The number of carboxylic acid groups (broad SMARTS) is 2. The number of aliphatic carboxylic acids is 2. The Morgan fingerprint density at radius 2 is 1.55 bits per heavy atom. The summed E-state index contributed by atoms with van der Waals surface area (Å²) in [6.45, 7) is 3.55. The number of thioether (sulfide) groups is 1. The number of hydrogen-bond donors (Lipinski definition) is 8. The van der Waals surface area contributed by atoms with E-state index < -0.39 is 77.9 Å². The second kappa shape index (κ2) is 16.4. The van der Waals surface area contributed by atoms with Gasteiger partial charge in [-0.25, -0.2) is 14.7 Å². The average Bonchev–Trinajstić information content (AvgIpc) is 3.36. The number of amides is 3. The third-order valence-electron chi connectivity index (χ3n) is 7.87. The summed E-state index contributed by atoms with van der Waals surface area (Å²) >= 11 is 1.35. The van der Waals surface area contributed by atoms with Crippen LogP contribution in [0.25, 0.3) is 0 Å². The van der Waals surface area contributed by atoms with E-state index in [-0.39, 0.29) is 12.4 Å². The van der Waals surface area contributed by atoms with Crippen LogP contribution in [0.1, 0.15) is 42.6 Å². The van der Waals surface area contributed by atoms with Crippen molar-refractivity contribution in [2.24, 2.45) is 5.73 Å². The molecule has 2 saturated heterocycles. The first kappa shape index (κ1) is 38.9. The molecule has 18 heteroatoms. The zero-order valence-electron chi connectivity index (χ0n) is 27.4. The van der Waals surface area contributed by atoms with Gasteiger partial charge in [0.25, 0.3) is 7.52 Å². The highest BCUT2D eigenvalue weighted by atomic mass is 32.2. The lowest BCUT2D eigenvalue weighted by molar-refractivity contribution is -0.161. The van der Waals surface area contributed by atoms with E-state index in [9.17, 15) is 48.8 Å². The van der Waals surface area contributed by atoms with Crippen LogP contribution in [0.15, 0.2) is 84.9 Å². The van der Waals surface area contributed by atoms with Crippen LogP contribution < -0.4 is 21.5 Å². The van der Waals surface area contributed by atoms with E-state index in [1.54, 1.807) is 56.3 Å². The molecule has 2 aliphatic heterocycles. The van der Waals surface area contributed by atoms with Gasteiger partial charge in [0.1, 0.15) is 48.2 Å². The Bertz CT molecular complexity index is 1780. The normalized spacial score (nSPS) is 20.9. The van der Waals surface area contributed by atoms with Crippen LogP contribution in [-0.2, 0) is 35.1 Å². The first-order valence-electron chi connectivity index (χ1n) is 15.4. The zero-order valence-corrected chi connectivity index (χ0v) is 29.1. The molecule has 0 aromatic heterocycles. The van der Waals surface area contributed by atoms with Gasteiger partial charge in [0.05, 0.1) is 0 Å². The number of ether oxygens (including phenoxy) is 1. The highest BCUT2D eigenvalue weighted by Gasteiger charge is 2.64. The van der Waals surface area contributed by atoms with Gasteiger partial charge < -0.3 is 46.2 Å². The highest BCUT2D eigenvalue weighted by molar-refractivity contribution is 8.01. The van der Waals surface area contributed by atoms with Crippen molar-refractivity contribution in [1.82, 2.24) is 20.6 Å². The Morgan fingerprint density at radius 1 is 0.961 bits per heavy atom. The van der Waals surface area contributed by atoms with Crippen LogP contribution in [-0.4, -0.2) is 83.4 Å². The third kappa shape index (κ3) is 9.86. The standard InChI is InChI=1S/C17H19N2O6P.C16H19N3O5S/c20-16(21)15(14-9-5-2-6-10-14)19-26(23,24)12-18-17(22)25-11-13-7-3-1-4-8-13;1-16(2)11(15(23)24)19-13(22)10(14(19)25-16)18-12(21)9(17)7-3-5-8(20)6-4-7/h1-10,15H,11-12H2,(H,18,22)(H,20,21)(H2,19,23,24);3-6,9-11,14,20H,17H2,1-2H3,(H,18,21)(H,23,24)/t;9?,10-,11+,14-/m.1/s1. The molecule has 0 spiro atoms. The topological polar surface area (TPSA) is 258 Å². The molecule has 0 saturated carbocycles. The van der Waals surface area contributed by atoms with Gasteiger partial charge in [-0.1, -0.05) is 72.8 Å². The fourth-order valence-electron chi connectivity index (χ4n) is 5.33. The number of aromatic hydroxyl groups is 1. The molecule has 272 valence electrons. The van der Waals surface area contributed by atoms with E-state index >= 15 is 0 Å². The molecule has 9 N–H and O–H groups in total. The number of rotatable bonds is 12. The first-order valence-corrected chi connectivity index (χ1v) is 18.1. The smallest absolute Gasteiger partial charge is 0.407 e. The monoisotopic (exact) mass is 743 g/mol. The van der Waals surface area contributed by atoms with E-state index in [4.69, 9.17) is 10.5 Å². The number of nitrogens with two attached hydrogens (primary N) is 1. The van der Waals surface area contributed by atoms with Crippen LogP contribution in [0.4, 0.5) is 4.79 Å². The van der Waals surface area contributed by atoms with Crippen molar-refractivity contribution in [3.8, 4) is 5.75 Å². The summed E-state index contributed by atoms with van der Waals surface area (Å²) in [5.41, 5.74) is 7.50. The minimum absolute atomic E-state index is 0.0115. The molecule has 2 aliphatic rings. The molecule has 5 rings (SSSR count). The predicted octanol–water partition coefficient (Wildman–Crippen LogP) is 2.49. The van der Waals surface area contributed by atoms with Gasteiger partial charge >= 0.3 is 18.0 Å². The van der Waals surface area contributed by atoms with Gasteiger partial charge in [-0.3, -0.25) is 18.9 Å². The van der Waals surface area contributed by atoms with Crippen molar-refractivity contribution < 1.29 is 53.5 Å². The van der Waals surface area contributed by atoms with E-state index in [2.05, 4.69) is 15.7 Å². The Morgan fingerprint density at radius 3 is 2.12 bits per heavy atom. The summed E-state index contributed by atoms with van der Waals surface area (Å²) in [7, 11) is -4.16. The van der Waals surface area contributed by atoms with Crippen LogP contribution >= 0.6 is 19.3 Å². The van der Waals surface area contributed by atoms with Crippen LogP contribution in [0.2, 0.25) is 0 Å². The number of phenols is 1. The van der Waals surface area contributed by atoms with Gasteiger partial charge in [0.15, 0.2) is 0 Å². The second-order valence-electron chi connectivity index (χ2n) is 12.1. The average molecular weight is 744 g/mol. The van der Waals surface area contributed by atoms with Crippen molar-refractivity contribution in [3.05, 3.63) is 102 Å². The van der Waals surface area contributed by atoms with Crippen molar-refractivity contribution in [2.75, 3.05) is 6.29 Å². The maximum Gasteiger partial charge on any atom is 0.407 e. The molecule has 3 aromatic carbocycles. The lowest BCUT2D eigenvalue weighted by Gasteiger charge is -2.43. The molecule has 3 aromatic rings. The summed E-state index contributed by atoms with van der Waals surface area (Å²) in [6, 6.07) is 18.7. The van der Waals surface area contributed by atoms with Crippen molar-refractivity contribution in [2.45, 2.75) is 54.7 Å². The molecule has 0 bridgehead atoms. The first-order chi connectivity index (χ1) is 24.0. The molecule has 2 heterocycles. The number of carbonyl (C=O) groups is 5. The summed E-state index contributed by atoms with van der Waals surface area (Å²) < 4.78 is 16.5. The van der Waals surface area contributed by atoms with Gasteiger partial charge in [-0.2, -0.15) is 0 Å². The number of nitrogens with zero attached hydrogens (tertiary/aromatic N) is 1. The Kier molecular flexibility index (Phi) is 12.5. The molecule has 0 radical (unpaired) electrons. The van der Waals surface area contributed by atoms with Gasteiger partial charge in [-0.15, -0.1) is 11.8 Å². The number of nitrogens with one attached hydrogen (secondary N) is 3. The van der Waals surface area contributed by atoms with Crippen LogP contribution in [0.3, 0.4) is 0 Å². The number of β-lactam (4-membered cyclic amide) rings is 1. The minimum atomic E-state index is -4.16. The molecule has 6 atom stereocenters. The van der Waals surface area contributed by atoms with E-state index in [0.29, 0.717) is 11.1 Å². The van der Waals surface area contributed by atoms with Crippen LogP contribution in [0.5, 0.6) is 5.75 Å². The summed E-state index contributed by atoms with van der Waals surface area (Å²) in [4.78, 5) is 70.4. The summed E-state index contributed by atoms with van der Waals surface area (Å²) in [6.07, 6.45) is -1.55. The number of alkyl carbamates (subject to hydrolysis) is 1. The van der Waals surface area contributed by atoms with E-state index in [0.717, 1.165) is 5.56 Å². The highest BCUT2D eigenvalue weighted by Crippen LogP contribution is 2.50. The molecule has 3 unspecified atom stereocenters. The molecule has 2 fully saturated rings. The number of benzene rings is 3. The number of hydrogen-bond acceptors (Lipinski definition) is 10. The summed E-state index contributed by atoms with van der Waals surface area (Å²) in [5.74, 6) is -3.25. The molecule has 16 nitrogen and oxygen atoms in total. The predicted molar refractivity (Wildman–Crippen MR) is 185 cm³/mol. The molecular formula is C33H38N5O11PS. The maximum atomic E-state index is 12.3. The molecule has 51 heavy (non-hydrogen) atoms. The van der Waals surface area contributed by atoms with E-state index in [1.807, 2.05) is 6.07 Å². The molecule has 3 amide bonds. The van der Waals surface area contributed by atoms with Gasteiger partial charge in [0, 0.05) is 4.75 Å². The SMILES string of the molecule is CC1(C)S[C@@H]2[C@H](NC(=O)C(N)c3ccc(O)cc3)C(=O)N2[C@H]1C(=O)O.O=C(NCP(=O)(O)NC(C(=O)O)c1ccccc1)OCc1ccccc1. The van der Waals surface area contributed by atoms with Gasteiger partial charge in [-0.05, 0) is 42.7 Å². The largest absolute Gasteiger partial charge is 0.508 e. The van der Waals surface area contributed by atoms with Crippen molar-refractivity contribution in [3.63, 3.8) is 0 Å². The number of phenolic OH excluding ortho intramolecular Hbond substituents is 1.